The van der Waals surface area contributed by atoms with Gasteiger partial charge < -0.3 is 15.2 Å². The second-order valence-corrected chi connectivity index (χ2v) is 6.91. The Morgan fingerprint density at radius 2 is 1.72 bits per heavy atom. The molecule has 0 aliphatic carbocycles. The van der Waals surface area contributed by atoms with Crippen LogP contribution < -0.4 is 5.32 Å². The summed E-state index contributed by atoms with van der Waals surface area (Å²) in [6, 6.07) is 20.3. The zero-order valence-electron chi connectivity index (χ0n) is 15.8. The van der Waals surface area contributed by atoms with Crippen molar-refractivity contribution >= 4 is 29.2 Å². The summed E-state index contributed by atoms with van der Waals surface area (Å²) in [6.45, 7) is 1.74. The van der Waals surface area contributed by atoms with Crippen molar-refractivity contribution in [1.29, 1.82) is 0 Å². The fourth-order valence-electron chi connectivity index (χ4n) is 2.70. The van der Waals surface area contributed by atoms with Crippen LogP contribution in [0.5, 0.6) is 0 Å². The third-order valence-corrected chi connectivity index (χ3v) is 4.78. The molecule has 0 saturated carbocycles. The minimum Gasteiger partial charge on any atom is -0.444 e. The summed E-state index contributed by atoms with van der Waals surface area (Å²) in [5.41, 5.74) is 2.91. The lowest BCUT2D eigenvalue weighted by atomic mass is 10.1. The van der Waals surface area contributed by atoms with E-state index in [1.807, 2.05) is 13.0 Å². The van der Waals surface area contributed by atoms with Crippen molar-refractivity contribution in [3.05, 3.63) is 100 Å². The summed E-state index contributed by atoms with van der Waals surface area (Å²) in [6.07, 6.45) is -1.14. The lowest BCUT2D eigenvalue weighted by Gasteiger charge is -2.18. The molecule has 3 rings (SSSR count). The number of esters is 1. The number of nitrogens with one attached hydrogen (secondary N) is 1. The van der Waals surface area contributed by atoms with Gasteiger partial charge in [0.25, 0.3) is 5.91 Å². The standard InChI is InChI=1S/C23H20ClNO4/c1-15-7-12-19(13-20(15)24)25-22(27)21(17-5-3-2-4-6-17)29-23(28)18-10-8-16(14-26)9-11-18/h2-13,21,26H,14H2,1H3,(H,25,27). The quantitative estimate of drug-likeness (QED) is 0.580. The molecule has 29 heavy (non-hydrogen) atoms. The van der Waals surface area contributed by atoms with E-state index in [0.29, 0.717) is 21.8 Å². The number of hydrogen-bond donors (Lipinski definition) is 2. The van der Waals surface area contributed by atoms with Crippen LogP contribution in [0, 0.1) is 6.92 Å². The number of aryl methyl sites for hydroxylation is 1. The Kier molecular flexibility index (Phi) is 6.65. The molecule has 0 fully saturated rings. The first kappa shape index (κ1) is 20.6. The Balaban J connectivity index is 1.83. The molecule has 1 amide bonds. The van der Waals surface area contributed by atoms with Crippen molar-refractivity contribution in [1.82, 2.24) is 0 Å². The van der Waals surface area contributed by atoms with Crippen LogP contribution in [0.4, 0.5) is 5.69 Å². The summed E-state index contributed by atoms with van der Waals surface area (Å²) in [5, 5.41) is 12.4. The number of carbonyl (C=O) groups excluding carboxylic acids is 2. The number of anilines is 1. The molecule has 148 valence electrons. The average molecular weight is 410 g/mol. The molecule has 0 aliphatic heterocycles. The summed E-state index contributed by atoms with van der Waals surface area (Å²) in [4.78, 5) is 25.5. The van der Waals surface area contributed by atoms with Gasteiger partial charge in [0.2, 0.25) is 6.10 Å². The molecular formula is C23H20ClNO4. The van der Waals surface area contributed by atoms with Crippen LogP contribution in [0.3, 0.4) is 0 Å². The number of hydrogen-bond acceptors (Lipinski definition) is 4. The van der Waals surface area contributed by atoms with Crippen molar-refractivity contribution in [2.75, 3.05) is 5.32 Å². The minimum atomic E-state index is -1.14. The Morgan fingerprint density at radius 3 is 2.34 bits per heavy atom. The lowest BCUT2D eigenvalue weighted by Crippen LogP contribution is -2.26. The number of halogens is 1. The van der Waals surface area contributed by atoms with Crippen LogP contribution in [0.25, 0.3) is 0 Å². The number of rotatable bonds is 6. The Bertz CT molecular complexity index is 1000. The monoisotopic (exact) mass is 409 g/mol. The molecule has 5 nitrogen and oxygen atoms in total. The number of ether oxygens (including phenoxy) is 1. The molecule has 0 aromatic heterocycles. The number of aliphatic hydroxyl groups excluding tert-OH is 1. The minimum absolute atomic E-state index is 0.122. The van der Waals surface area contributed by atoms with Gasteiger partial charge in [0.15, 0.2) is 0 Å². The first-order valence-electron chi connectivity index (χ1n) is 9.00. The molecule has 1 atom stereocenters. The molecule has 0 saturated heterocycles. The van der Waals surface area contributed by atoms with Crippen LogP contribution in [0.15, 0.2) is 72.8 Å². The number of amides is 1. The lowest BCUT2D eigenvalue weighted by molar-refractivity contribution is -0.125. The van der Waals surface area contributed by atoms with E-state index in [0.717, 1.165) is 5.56 Å². The predicted octanol–water partition coefficient (Wildman–Crippen LogP) is 4.68. The second kappa shape index (κ2) is 9.37. The Hall–Kier alpha value is -3.15. The van der Waals surface area contributed by atoms with Crippen LogP contribution >= 0.6 is 11.6 Å². The van der Waals surface area contributed by atoms with Gasteiger partial charge in [0, 0.05) is 16.3 Å². The van der Waals surface area contributed by atoms with Gasteiger partial charge in [0.05, 0.1) is 12.2 Å². The topological polar surface area (TPSA) is 75.6 Å². The highest BCUT2D eigenvalue weighted by Crippen LogP contribution is 2.24. The SMILES string of the molecule is Cc1ccc(NC(=O)C(OC(=O)c2ccc(CO)cc2)c2ccccc2)cc1Cl. The molecule has 3 aromatic rings. The van der Waals surface area contributed by atoms with Crippen LogP contribution in [0.2, 0.25) is 5.02 Å². The highest BCUT2D eigenvalue weighted by molar-refractivity contribution is 6.31. The number of aliphatic hydroxyl groups is 1. The highest BCUT2D eigenvalue weighted by Gasteiger charge is 2.26. The molecular weight excluding hydrogens is 390 g/mol. The highest BCUT2D eigenvalue weighted by atomic mass is 35.5. The van der Waals surface area contributed by atoms with Gasteiger partial charge in [-0.15, -0.1) is 0 Å². The molecule has 0 heterocycles. The largest absolute Gasteiger partial charge is 0.444 e. The van der Waals surface area contributed by atoms with Crippen LogP contribution in [0.1, 0.15) is 33.2 Å². The molecule has 2 N–H and O–H groups in total. The maximum atomic E-state index is 12.9. The van der Waals surface area contributed by atoms with E-state index in [2.05, 4.69) is 5.32 Å². The molecule has 0 radical (unpaired) electrons. The van der Waals surface area contributed by atoms with Gasteiger partial charge in [-0.1, -0.05) is 60.1 Å². The summed E-state index contributed by atoms with van der Waals surface area (Å²) >= 11 is 6.13. The molecule has 1 unspecified atom stereocenters. The van der Waals surface area contributed by atoms with Crippen molar-refractivity contribution in [3.8, 4) is 0 Å². The maximum absolute atomic E-state index is 12.9. The first-order chi connectivity index (χ1) is 14.0. The maximum Gasteiger partial charge on any atom is 0.339 e. The summed E-state index contributed by atoms with van der Waals surface area (Å²) < 4.78 is 5.54. The van der Waals surface area contributed by atoms with Crippen molar-refractivity contribution in [2.45, 2.75) is 19.6 Å². The van der Waals surface area contributed by atoms with Crippen LogP contribution in [-0.4, -0.2) is 17.0 Å². The van der Waals surface area contributed by atoms with Gasteiger partial charge in [-0.2, -0.15) is 0 Å². The Morgan fingerprint density at radius 1 is 1.03 bits per heavy atom. The zero-order valence-corrected chi connectivity index (χ0v) is 16.5. The van der Waals surface area contributed by atoms with E-state index in [1.165, 1.54) is 0 Å². The van der Waals surface area contributed by atoms with Crippen molar-refractivity contribution in [3.63, 3.8) is 0 Å². The second-order valence-electron chi connectivity index (χ2n) is 6.50. The molecule has 0 aliphatic rings. The summed E-state index contributed by atoms with van der Waals surface area (Å²) in [5.74, 6) is -1.13. The fraction of sp³-hybridized carbons (Fsp3) is 0.130. The summed E-state index contributed by atoms with van der Waals surface area (Å²) in [7, 11) is 0. The van der Waals surface area contributed by atoms with E-state index in [9.17, 15) is 9.59 Å². The van der Waals surface area contributed by atoms with E-state index in [4.69, 9.17) is 21.4 Å². The van der Waals surface area contributed by atoms with Gasteiger partial charge >= 0.3 is 5.97 Å². The number of benzene rings is 3. The fourth-order valence-corrected chi connectivity index (χ4v) is 2.88. The molecule has 0 bridgehead atoms. The number of carbonyl (C=O) groups is 2. The van der Waals surface area contributed by atoms with E-state index < -0.39 is 18.0 Å². The first-order valence-corrected chi connectivity index (χ1v) is 9.38. The molecule has 3 aromatic carbocycles. The van der Waals surface area contributed by atoms with Crippen molar-refractivity contribution in [2.24, 2.45) is 0 Å². The smallest absolute Gasteiger partial charge is 0.339 e. The van der Waals surface area contributed by atoms with Gasteiger partial charge in [-0.05, 0) is 42.3 Å². The third-order valence-electron chi connectivity index (χ3n) is 4.38. The van der Waals surface area contributed by atoms with E-state index in [-0.39, 0.29) is 12.2 Å². The predicted molar refractivity (Wildman–Crippen MR) is 112 cm³/mol. The molecule has 6 heteroatoms. The van der Waals surface area contributed by atoms with Gasteiger partial charge in [0.1, 0.15) is 0 Å². The van der Waals surface area contributed by atoms with E-state index >= 15 is 0 Å². The molecule has 0 spiro atoms. The zero-order chi connectivity index (χ0) is 20.8. The normalized spacial score (nSPS) is 11.6. The van der Waals surface area contributed by atoms with Crippen LogP contribution in [-0.2, 0) is 16.1 Å². The van der Waals surface area contributed by atoms with Gasteiger partial charge in [-0.25, -0.2) is 4.79 Å². The van der Waals surface area contributed by atoms with Gasteiger partial charge in [-0.3, -0.25) is 4.79 Å². The average Bonchev–Trinajstić information content (AvgIpc) is 2.75. The Labute approximate surface area is 173 Å². The van der Waals surface area contributed by atoms with E-state index in [1.54, 1.807) is 66.7 Å². The van der Waals surface area contributed by atoms with Crippen molar-refractivity contribution < 1.29 is 19.4 Å². The third kappa shape index (κ3) is 5.22.